The second-order valence-electron chi connectivity index (χ2n) is 5.49. The Kier molecular flexibility index (Phi) is 4.73. The highest BCUT2D eigenvalue weighted by Gasteiger charge is 2.27. The highest BCUT2D eigenvalue weighted by Crippen LogP contribution is 2.33. The molecule has 1 aromatic rings. The van der Waals surface area contributed by atoms with Gasteiger partial charge >= 0.3 is 0 Å². The number of nitrogens with zero attached hydrogens (tertiary/aromatic N) is 1. The summed E-state index contributed by atoms with van der Waals surface area (Å²) in [6.45, 7) is 1.83. The summed E-state index contributed by atoms with van der Waals surface area (Å²) in [6, 6.07) is 3.70. The van der Waals surface area contributed by atoms with Crippen LogP contribution in [-0.4, -0.2) is 50.5 Å². The predicted octanol–water partition coefficient (Wildman–Crippen LogP) is 1.14. The Morgan fingerprint density at radius 1 is 1.30 bits per heavy atom. The Labute approximate surface area is 120 Å². The van der Waals surface area contributed by atoms with Crippen LogP contribution in [0.2, 0.25) is 0 Å². The molecule has 112 valence electrons. The highest BCUT2D eigenvalue weighted by atomic mass is 16.5. The molecule has 0 aromatic heterocycles. The minimum absolute atomic E-state index is 0.204. The van der Waals surface area contributed by atoms with Gasteiger partial charge in [-0.3, -0.25) is 0 Å². The Balaban J connectivity index is 2.21. The summed E-state index contributed by atoms with van der Waals surface area (Å²) in [5.41, 5.74) is 7.59. The van der Waals surface area contributed by atoms with Gasteiger partial charge in [-0.25, -0.2) is 0 Å². The van der Waals surface area contributed by atoms with Gasteiger partial charge in [0.25, 0.3) is 0 Å². The van der Waals surface area contributed by atoms with Crippen LogP contribution in [0.15, 0.2) is 12.1 Å². The van der Waals surface area contributed by atoms with Crippen molar-refractivity contribution < 1.29 is 14.6 Å². The van der Waals surface area contributed by atoms with Crippen LogP contribution < -0.4 is 15.2 Å². The number of likely N-dealkylation sites (tertiary alicyclic amines) is 1. The van der Waals surface area contributed by atoms with Crippen molar-refractivity contribution in [1.82, 2.24) is 4.90 Å². The number of hydrogen-bond donors (Lipinski definition) is 2. The van der Waals surface area contributed by atoms with Gasteiger partial charge in [-0.15, -0.1) is 0 Å². The largest absolute Gasteiger partial charge is 0.496 e. The van der Waals surface area contributed by atoms with Crippen molar-refractivity contribution >= 4 is 5.69 Å². The number of hydrogen-bond acceptors (Lipinski definition) is 5. The number of benzene rings is 1. The molecular weight excluding hydrogens is 256 g/mol. The molecule has 5 heteroatoms. The average molecular weight is 280 g/mol. The van der Waals surface area contributed by atoms with Crippen molar-refractivity contribution in [3.63, 3.8) is 0 Å². The number of aliphatic hydroxyl groups excluding tert-OH is 1. The highest BCUT2D eigenvalue weighted by molar-refractivity contribution is 5.59. The van der Waals surface area contributed by atoms with E-state index in [1.807, 2.05) is 12.1 Å². The SMILES string of the molecule is COc1cc(OC)c(CC2CN(C)CCC2O)cc1N. The first-order valence-electron chi connectivity index (χ1n) is 6.92. The summed E-state index contributed by atoms with van der Waals surface area (Å²) < 4.78 is 10.6. The number of ether oxygens (including phenoxy) is 2. The van der Waals surface area contributed by atoms with E-state index in [1.165, 1.54) is 0 Å². The molecule has 1 saturated heterocycles. The van der Waals surface area contributed by atoms with E-state index in [4.69, 9.17) is 15.2 Å². The van der Waals surface area contributed by atoms with Gasteiger partial charge in [0.2, 0.25) is 0 Å². The Hall–Kier alpha value is -1.46. The van der Waals surface area contributed by atoms with E-state index in [0.717, 1.165) is 37.2 Å². The fourth-order valence-corrected chi connectivity index (χ4v) is 2.84. The number of nitrogen functional groups attached to an aromatic ring is 1. The van der Waals surface area contributed by atoms with Crippen LogP contribution in [-0.2, 0) is 6.42 Å². The van der Waals surface area contributed by atoms with Crippen LogP contribution in [0, 0.1) is 5.92 Å². The topological polar surface area (TPSA) is 68.0 Å². The molecule has 0 spiro atoms. The van der Waals surface area contributed by atoms with Crippen molar-refractivity contribution in [3.8, 4) is 11.5 Å². The lowest BCUT2D eigenvalue weighted by molar-refractivity contribution is 0.0364. The van der Waals surface area contributed by atoms with E-state index < -0.39 is 0 Å². The average Bonchev–Trinajstić information content (AvgIpc) is 2.43. The number of rotatable bonds is 4. The van der Waals surface area contributed by atoms with Crippen molar-refractivity contribution in [3.05, 3.63) is 17.7 Å². The number of nitrogens with two attached hydrogens (primary N) is 1. The van der Waals surface area contributed by atoms with Crippen molar-refractivity contribution in [2.75, 3.05) is 40.1 Å². The maximum absolute atomic E-state index is 10.2. The summed E-state index contributed by atoms with van der Waals surface area (Å²) in [4.78, 5) is 2.25. The first-order chi connectivity index (χ1) is 9.55. The molecule has 2 unspecified atom stereocenters. The van der Waals surface area contributed by atoms with E-state index in [-0.39, 0.29) is 12.0 Å². The fourth-order valence-electron chi connectivity index (χ4n) is 2.84. The third kappa shape index (κ3) is 3.16. The molecular formula is C15H24N2O3. The van der Waals surface area contributed by atoms with E-state index in [0.29, 0.717) is 11.4 Å². The monoisotopic (exact) mass is 280 g/mol. The number of piperidine rings is 1. The van der Waals surface area contributed by atoms with E-state index in [9.17, 15) is 5.11 Å². The van der Waals surface area contributed by atoms with Crippen LogP contribution in [0.1, 0.15) is 12.0 Å². The smallest absolute Gasteiger partial charge is 0.145 e. The second kappa shape index (κ2) is 6.33. The third-order valence-corrected chi connectivity index (χ3v) is 4.01. The quantitative estimate of drug-likeness (QED) is 0.810. The Bertz CT molecular complexity index is 465. The summed E-state index contributed by atoms with van der Waals surface area (Å²) in [7, 11) is 5.31. The summed E-state index contributed by atoms with van der Waals surface area (Å²) in [5, 5.41) is 10.2. The first kappa shape index (κ1) is 14.9. The van der Waals surface area contributed by atoms with Gasteiger partial charge in [0.15, 0.2) is 0 Å². The van der Waals surface area contributed by atoms with Crippen LogP contribution >= 0.6 is 0 Å². The van der Waals surface area contributed by atoms with Crippen LogP contribution in [0.5, 0.6) is 11.5 Å². The van der Waals surface area contributed by atoms with Gasteiger partial charge in [-0.2, -0.15) is 0 Å². The van der Waals surface area contributed by atoms with Gasteiger partial charge in [0, 0.05) is 25.1 Å². The van der Waals surface area contributed by atoms with E-state index in [1.54, 1.807) is 14.2 Å². The molecule has 0 bridgehead atoms. The Morgan fingerprint density at radius 3 is 2.65 bits per heavy atom. The lowest BCUT2D eigenvalue weighted by atomic mass is 9.88. The molecule has 0 amide bonds. The molecule has 1 aliphatic heterocycles. The fraction of sp³-hybridized carbons (Fsp3) is 0.600. The molecule has 1 fully saturated rings. The molecule has 0 radical (unpaired) electrons. The second-order valence-corrected chi connectivity index (χ2v) is 5.49. The minimum atomic E-state index is -0.265. The van der Waals surface area contributed by atoms with Gasteiger partial charge in [-0.1, -0.05) is 0 Å². The zero-order valence-corrected chi connectivity index (χ0v) is 12.4. The van der Waals surface area contributed by atoms with Gasteiger partial charge in [0.1, 0.15) is 11.5 Å². The molecule has 1 heterocycles. The first-order valence-corrected chi connectivity index (χ1v) is 6.92. The zero-order chi connectivity index (χ0) is 14.7. The molecule has 1 aromatic carbocycles. The van der Waals surface area contributed by atoms with Gasteiger partial charge in [-0.05, 0) is 31.5 Å². The molecule has 3 N–H and O–H groups in total. The number of methoxy groups -OCH3 is 2. The molecule has 2 atom stereocenters. The molecule has 0 aliphatic carbocycles. The van der Waals surface area contributed by atoms with Crippen LogP contribution in [0.3, 0.4) is 0 Å². The third-order valence-electron chi connectivity index (χ3n) is 4.01. The molecule has 0 saturated carbocycles. The molecule has 20 heavy (non-hydrogen) atoms. The maximum atomic E-state index is 10.2. The maximum Gasteiger partial charge on any atom is 0.145 e. The van der Waals surface area contributed by atoms with E-state index >= 15 is 0 Å². The molecule has 1 aliphatic rings. The lowest BCUT2D eigenvalue weighted by Gasteiger charge is -2.34. The normalized spacial score (nSPS) is 23.6. The minimum Gasteiger partial charge on any atom is -0.496 e. The zero-order valence-electron chi connectivity index (χ0n) is 12.4. The van der Waals surface area contributed by atoms with Gasteiger partial charge in [0.05, 0.1) is 26.0 Å². The van der Waals surface area contributed by atoms with Crippen molar-refractivity contribution in [1.29, 1.82) is 0 Å². The summed E-state index contributed by atoms with van der Waals surface area (Å²) >= 11 is 0. The van der Waals surface area contributed by atoms with Crippen molar-refractivity contribution in [2.24, 2.45) is 5.92 Å². The Morgan fingerprint density at radius 2 is 2.00 bits per heavy atom. The lowest BCUT2D eigenvalue weighted by Crippen LogP contribution is -2.42. The van der Waals surface area contributed by atoms with Crippen molar-refractivity contribution in [2.45, 2.75) is 18.9 Å². The number of aliphatic hydroxyl groups is 1. The summed E-state index contributed by atoms with van der Waals surface area (Å²) in [5.74, 6) is 1.58. The molecule has 2 rings (SSSR count). The van der Waals surface area contributed by atoms with Gasteiger partial charge < -0.3 is 25.2 Å². The standard InChI is InChI=1S/C15H24N2O3/c1-17-5-4-13(18)11(9-17)6-10-7-12(16)15(20-3)8-14(10)19-2/h7-8,11,13,18H,4-6,9,16H2,1-3H3. The van der Waals surface area contributed by atoms with Crippen LogP contribution in [0.25, 0.3) is 0 Å². The molecule has 5 nitrogen and oxygen atoms in total. The van der Waals surface area contributed by atoms with E-state index in [2.05, 4.69) is 11.9 Å². The predicted molar refractivity (Wildman–Crippen MR) is 79.3 cm³/mol. The number of anilines is 1. The van der Waals surface area contributed by atoms with Crippen LogP contribution in [0.4, 0.5) is 5.69 Å². The summed E-state index contributed by atoms with van der Waals surface area (Å²) in [6.07, 6.45) is 1.30.